The third-order valence-corrected chi connectivity index (χ3v) is 3.26. The molecule has 0 aromatic heterocycles. The van der Waals surface area contributed by atoms with Crippen LogP contribution >= 0.6 is 12.6 Å². The second-order valence-electron chi connectivity index (χ2n) is 3.27. The molecule has 0 rings (SSSR count). The monoisotopic (exact) mass is 146 g/mol. The van der Waals surface area contributed by atoms with Gasteiger partial charge in [-0.05, 0) is 18.3 Å². The van der Waals surface area contributed by atoms with Crippen LogP contribution in [0.5, 0.6) is 0 Å². The van der Waals surface area contributed by atoms with Crippen LogP contribution in [0.3, 0.4) is 0 Å². The molecule has 0 aromatic rings. The lowest BCUT2D eigenvalue weighted by atomic mass is 9.85. The van der Waals surface area contributed by atoms with Crippen molar-refractivity contribution in [2.75, 3.05) is 0 Å². The topological polar surface area (TPSA) is 0 Å². The summed E-state index contributed by atoms with van der Waals surface area (Å²) >= 11 is 4.49. The molecule has 0 radical (unpaired) electrons. The van der Waals surface area contributed by atoms with Crippen LogP contribution in [0, 0.1) is 5.41 Å². The molecule has 56 valence electrons. The van der Waals surface area contributed by atoms with Gasteiger partial charge in [-0.15, -0.1) is 0 Å². The first-order valence-electron chi connectivity index (χ1n) is 3.72. The molecule has 0 aliphatic rings. The van der Waals surface area contributed by atoms with Crippen LogP contribution in [0.15, 0.2) is 0 Å². The summed E-state index contributed by atoms with van der Waals surface area (Å²) in [4.78, 5) is 0. The number of hydrogen-bond acceptors (Lipinski definition) is 1. The van der Waals surface area contributed by atoms with Gasteiger partial charge in [0.2, 0.25) is 0 Å². The van der Waals surface area contributed by atoms with Crippen molar-refractivity contribution in [1.82, 2.24) is 0 Å². The van der Waals surface area contributed by atoms with Crippen LogP contribution in [0.4, 0.5) is 0 Å². The van der Waals surface area contributed by atoms with E-state index in [2.05, 4.69) is 40.3 Å². The van der Waals surface area contributed by atoms with Crippen LogP contribution in [-0.4, -0.2) is 5.25 Å². The molecule has 0 amide bonds. The Labute approximate surface area is 64.4 Å². The minimum Gasteiger partial charge on any atom is -0.175 e. The number of thiol groups is 1. The largest absolute Gasteiger partial charge is 0.175 e. The smallest absolute Gasteiger partial charge is 0.00652 e. The van der Waals surface area contributed by atoms with E-state index in [1.54, 1.807) is 0 Å². The van der Waals surface area contributed by atoms with E-state index in [1.165, 1.54) is 12.8 Å². The highest BCUT2D eigenvalue weighted by molar-refractivity contribution is 7.81. The Morgan fingerprint density at radius 1 is 1.33 bits per heavy atom. The van der Waals surface area contributed by atoms with E-state index in [4.69, 9.17) is 0 Å². The Kier molecular flexibility index (Phi) is 3.64. The first kappa shape index (κ1) is 9.35. The molecular weight excluding hydrogens is 128 g/mol. The SMILES string of the molecule is CCC(S)C(C)(C)CC. The molecular formula is C8H18S. The van der Waals surface area contributed by atoms with E-state index >= 15 is 0 Å². The maximum atomic E-state index is 4.49. The van der Waals surface area contributed by atoms with Crippen molar-refractivity contribution >= 4 is 12.6 Å². The van der Waals surface area contributed by atoms with Crippen molar-refractivity contribution in [1.29, 1.82) is 0 Å². The molecule has 0 aliphatic heterocycles. The summed E-state index contributed by atoms with van der Waals surface area (Å²) < 4.78 is 0. The third kappa shape index (κ3) is 2.61. The predicted molar refractivity (Wildman–Crippen MR) is 47.1 cm³/mol. The Hall–Kier alpha value is 0.350. The minimum atomic E-state index is 0.415. The maximum absolute atomic E-state index is 4.49. The summed E-state index contributed by atoms with van der Waals surface area (Å²) in [5.74, 6) is 0. The standard InChI is InChI=1S/C8H18S/c1-5-7(9)8(3,4)6-2/h7,9H,5-6H2,1-4H3. The first-order chi connectivity index (χ1) is 4.04. The molecule has 1 atom stereocenters. The fraction of sp³-hybridized carbons (Fsp3) is 1.00. The predicted octanol–water partition coefficient (Wildman–Crippen LogP) is 3.13. The highest BCUT2D eigenvalue weighted by Crippen LogP contribution is 2.30. The van der Waals surface area contributed by atoms with Crippen LogP contribution < -0.4 is 0 Å². The van der Waals surface area contributed by atoms with E-state index in [0.29, 0.717) is 10.7 Å². The zero-order chi connectivity index (χ0) is 7.49. The lowest BCUT2D eigenvalue weighted by Gasteiger charge is -2.28. The fourth-order valence-electron chi connectivity index (χ4n) is 0.788. The van der Waals surface area contributed by atoms with Gasteiger partial charge in [0, 0.05) is 5.25 Å². The maximum Gasteiger partial charge on any atom is 0.00652 e. The number of rotatable bonds is 3. The van der Waals surface area contributed by atoms with E-state index in [-0.39, 0.29) is 0 Å². The lowest BCUT2D eigenvalue weighted by molar-refractivity contribution is 0.333. The molecule has 0 N–H and O–H groups in total. The van der Waals surface area contributed by atoms with Crippen LogP contribution in [-0.2, 0) is 0 Å². The molecule has 0 saturated heterocycles. The van der Waals surface area contributed by atoms with Gasteiger partial charge in [0.1, 0.15) is 0 Å². The Morgan fingerprint density at radius 2 is 1.78 bits per heavy atom. The van der Waals surface area contributed by atoms with Gasteiger partial charge in [0.15, 0.2) is 0 Å². The highest BCUT2D eigenvalue weighted by Gasteiger charge is 2.22. The normalized spacial score (nSPS) is 15.7. The summed E-state index contributed by atoms with van der Waals surface area (Å²) in [5, 5.41) is 0.558. The first-order valence-corrected chi connectivity index (χ1v) is 4.24. The van der Waals surface area contributed by atoms with Crippen molar-refractivity contribution in [2.45, 2.75) is 45.8 Å². The van der Waals surface area contributed by atoms with Gasteiger partial charge in [-0.25, -0.2) is 0 Å². The summed E-state index contributed by atoms with van der Waals surface area (Å²) in [6, 6.07) is 0. The van der Waals surface area contributed by atoms with Crippen molar-refractivity contribution in [2.24, 2.45) is 5.41 Å². The zero-order valence-electron chi connectivity index (χ0n) is 6.94. The van der Waals surface area contributed by atoms with E-state index in [1.807, 2.05) is 0 Å². The fourth-order valence-corrected chi connectivity index (χ4v) is 0.971. The Morgan fingerprint density at radius 3 is 1.89 bits per heavy atom. The molecule has 0 saturated carbocycles. The molecule has 1 unspecified atom stereocenters. The van der Waals surface area contributed by atoms with Crippen molar-refractivity contribution in [3.63, 3.8) is 0 Å². The van der Waals surface area contributed by atoms with Crippen LogP contribution in [0.2, 0.25) is 0 Å². The van der Waals surface area contributed by atoms with E-state index < -0.39 is 0 Å². The average Bonchev–Trinajstić information content (AvgIpc) is 1.86. The van der Waals surface area contributed by atoms with Crippen molar-refractivity contribution < 1.29 is 0 Å². The number of hydrogen-bond donors (Lipinski definition) is 1. The van der Waals surface area contributed by atoms with Crippen LogP contribution in [0.25, 0.3) is 0 Å². The van der Waals surface area contributed by atoms with Crippen LogP contribution in [0.1, 0.15) is 40.5 Å². The minimum absolute atomic E-state index is 0.415. The van der Waals surface area contributed by atoms with Crippen molar-refractivity contribution in [3.8, 4) is 0 Å². The lowest BCUT2D eigenvalue weighted by Crippen LogP contribution is -2.22. The summed E-state index contributed by atoms with van der Waals surface area (Å²) in [6.45, 7) is 8.95. The van der Waals surface area contributed by atoms with Gasteiger partial charge < -0.3 is 0 Å². The average molecular weight is 146 g/mol. The summed E-state index contributed by atoms with van der Waals surface area (Å²) in [5.41, 5.74) is 0.415. The van der Waals surface area contributed by atoms with Gasteiger partial charge in [-0.3, -0.25) is 0 Å². The Bertz CT molecular complexity index is 76.6. The summed E-state index contributed by atoms with van der Waals surface area (Å²) in [6.07, 6.45) is 2.39. The molecule has 1 heteroatoms. The molecule has 0 heterocycles. The highest BCUT2D eigenvalue weighted by atomic mass is 32.1. The third-order valence-electron chi connectivity index (χ3n) is 2.20. The Balaban J connectivity index is 3.80. The second-order valence-corrected chi connectivity index (χ2v) is 3.89. The quantitative estimate of drug-likeness (QED) is 0.581. The van der Waals surface area contributed by atoms with Gasteiger partial charge in [-0.1, -0.05) is 27.7 Å². The van der Waals surface area contributed by atoms with Gasteiger partial charge in [0.25, 0.3) is 0 Å². The van der Waals surface area contributed by atoms with Gasteiger partial charge in [0.05, 0.1) is 0 Å². The van der Waals surface area contributed by atoms with Crippen molar-refractivity contribution in [3.05, 3.63) is 0 Å². The molecule has 0 spiro atoms. The summed E-state index contributed by atoms with van der Waals surface area (Å²) in [7, 11) is 0. The van der Waals surface area contributed by atoms with E-state index in [0.717, 1.165) is 0 Å². The van der Waals surface area contributed by atoms with E-state index in [9.17, 15) is 0 Å². The second kappa shape index (κ2) is 3.50. The molecule has 9 heavy (non-hydrogen) atoms. The van der Waals surface area contributed by atoms with Gasteiger partial charge in [-0.2, -0.15) is 12.6 Å². The molecule has 0 nitrogen and oxygen atoms in total. The zero-order valence-corrected chi connectivity index (χ0v) is 7.83. The molecule has 0 fully saturated rings. The molecule has 0 aromatic carbocycles. The molecule has 0 bridgehead atoms. The van der Waals surface area contributed by atoms with Gasteiger partial charge >= 0.3 is 0 Å². The molecule has 0 aliphatic carbocycles.